The minimum absolute atomic E-state index is 0.0414. The molecular weight excluding hydrogens is 200 g/mol. The smallest absolute Gasteiger partial charge is 0.264 e. The minimum Gasteiger partial charge on any atom is -0.316 e. The van der Waals surface area contributed by atoms with Gasteiger partial charge in [0.25, 0.3) is 6.43 Å². The van der Waals surface area contributed by atoms with Crippen LogP contribution in [0.25, 0.3) is 0 Å². The molecule has 0 spiro atoms. The van der Waals surface area contributed by atoms with Crippen molar-refractivity contribution in [2.75, 3.05) is 0 Å². The van der Waals surface area contributed by atoms with Gasteiger partial charge in [-0.1, -0.05) is 17.7 Å². The van der Waals surface area contributed by atoms with Gasteiger partial charge in [0.1, 0.15) is 0 Å². The molecule has 0 radical (unpaired) electrons. The van der Waals surface area contributed by atoms with Crippen LogP contribution < -0.4 is 5.48 Å². The third kappa shape index (κ3) is 2.62. The Kier molecular flexibility index (Phi) is 3.59. The van der Waals surface area contributed by atoms with Crippen molar-refractivity contribution in [2.24, 2.45) is 0 Å². The van der Waals surface area contributed by atoms with Gasteiger partial charge in [0.15, 0.2) is 0 Å². The highest BCUT2D eigenvalue weighted by Crippen LogP contribution is 2.25. The first-order valence-electron chi connectivity index (χ1n) is 3.58. The molecular formula is C8H8ClF2NO. The van der Waals surface area contributed by atoms with E-state index in [2.05, 4.69) is 0 Å². The summed E-state index contributed by atoms with van der Waals surface area (Å²) in [5, 5.41) is 8.75. The Balaban J connectivity index is 3.03. The Morgan fingerprint density at radius 1 is 1.46 bits per heavy atom. The zero-order chi connectivity index (χ0) is 9.84. The molecule has 72 valence electrons. The molecule has 1 aromatic carbocycles. The lowest BCUT2D eigenvalue weighted by molar-refractivity contribution is 0.142. The van der Waals surface area contributed by atoms with Crippen LogP contribution in [0.3, 0.4) is 0 Å². The summed E-state index contributed by atoms with van der Waals surface area (Å²) in [7, 11) is 0. The first-order chi connectivity index (χ1) is 6.15. The number of rotatable bonds is 3. The number of hydrogen-bond donors (Lipinski definition) is 2. The Bertz CT molecular complexity index is 293. The Morgan fingerprint density at radius 3 is 2.69 bits per heavy atom. The molecule has 0 aliphatic rings. The van der Waals surface area contributed by atoms with E-state index in [4.69, 9.17) is 16.8 Å². The topological polar surface area (TPSA) is 32.3 Å². The van der Waals surface area contributed by atoms with E-state index in [0.29, 0.717) is 10.6 Å². The van der Waals surface area contributed by atoms with Crippen LogP contribution in [-0.2, 0) is 6.54 Å². The molecule has 13 heavy (non-hydrogen) atoms. The van der Waals surface area contributed by atoms with Crippen LogP contribution in [0.1, 0.15) is 17.6 Å². The van der Waals surface area contributed by atoms with Crippen LogP contribution in [0, 0.1) is 0 Å². The molecule has 0 fully saturated rings. The van der Waals surface area contributed by atoms with E-state index in [-0.39, 0.29) is 12.1 Å². The second-order valence-electron chi connectivity index (χ2n) is 2.48. The van der Waals surface area contributed by atoms with Gasteiger partial charge in [0.2, 0.25) is 0 Å². The summed E-state index contributed by atoms with van der Waals surface area (Å²) in [6.45, 7) is -0.0414. The van der Waals surface area contributed by atoms with Crippen molar-refractivity contribution in [1.29, 1.82) is 0 Å². The summed E-state index contributed by atoms with van der Waals surface area (Å²) >= 11 is 5.60. The number of halogens is 3. The molecule has 0 aliphatic heterocycles. The Morgan fingerprint density at radius 2 is 2.15 bits per heavy atom. The van der Waals surface area contributed by atoms with Gasteiger partial charge in [-0.3, -0.25) is 0 Å². The fraction of sp³-hybridized carbons (Fsp3) is 0.250. The van der Waals surface area contributed by atoms with Gasteiger partial charge in [-0.25, -0.2) is 14.3 Å². The summed E-state index contributed by atoms with van der Waals surface area (Å²) in [5.74, 6) is 0. The van der Waals surface area contributed by atoms with Crippen LogP contribution in [-0.4, -0.2) is 5.21 Å². The predicted molar refractivity (Wildman–Crippen MR) is 45.0 cm³/mol. The second-order valence-corrected chi connectivity index (χ2v) is 2.92. The van der Waals surface area contributed by atoms with E-state index < -0.39 is 6.43 Å². The highest BCUT2D eigenvalue weighted by Gasteiger charge is 2.12. The number of alkyl halides is 2. The summed E-state index contributed by atoms with van der Waals surface area (Å²) in [5.41, 5.74) is 1.99. The lowest BCUT2D eigenvalue weighted by Gasteiger charge is -2.07. The molecule has 0 aliphatic carbocycles. The van der Waals surface area contributed by atoms with Gasteiger partial charge in [-0.15, -0.1) is 0 Å². The average molecular weight is 208 g/mol. The summed E-state index contributed by atoms with van der Waals surface area (Å²) in [6, 6.07) is 4.04. The van der Waals surface area contributed by atoms with Gasteiger partial charge in [0.05, 0.1) is 0 Å². The third-order valence-electron chi connectivity index (χ3n) is 1.61. The van der Waals surface area contributed by atoms with E-state index >= 15 is 0 Å². The minimum atomic E-state index is -2.55. The molecule has 0 aromatic heterocycles. The summed E-state index contributed by atoms with van der Waals surface area (Å²) in [6.07, 6.45) is -2.55. The fourth-order valence-corrected chi connectivity index (χ4v) is 1.22. The van der Waals surface area contributed by atoms with Gasteiger partial charge < -0.3 is 5.21 Å². The van der Waals surface area contributed by atoms with E-state index in [0.717, 1.165) is 0 Å². The van der Waals surface area contributed by atoms with Crippen molar-refractivity contribution in [2.45, 2.75) is 13.0 Å². The quantitative estimate of drug-likeness (QED) is 0.747. The second kappa shape index (κ2) is 4.50. The van der Waals surface area contributed by atoms with Crippen LogP contribution in [0.4, 0.5) is 8.78 Å². The lowest BCUT2D eigenvalue weighted by atomic mass is 10.1. The van der Waals surface area contributed by atoms with Crippen molar-refractivity contribution >= 4 is 11.6 Å². The molecule has 5 heteroatoms. The maximum absolute atomic E-state index is 12.3. The van der Waals surface area contributed by atoms with Crippen LogP contribution in [0.15, 0.2) is 18.2 Å². The normalized spacial score (nSPS) is 10.8. The average Bonchev–Trinajstić information content (AvgIpc) is 2.04. The molecule has 1 aromatic rings. The molecule has 0 saturated carbocycles. The molecule has 0 unspecified atom stereocenters. The third-order valence-corrected chi connectivity index (χ3v) is 1.84. The SMILES string of the molecule is ONCc1cc(Cl)ccc1C(F)F. The van der Waals surface area contributed by atoms with E-state index in [1.165, 1.54) is 18.2 Å². The predicted octanol–water partition coefficient (Wildman–Crippen LogP) is 2.76. The Labute approximate surface area is 79.1 Å². The molecule has 2 N–H and O–H groups in total. The molecule has 0 heterocycles. The first-order valence-corrected chi connectivity index (χ1v) is 3.96. The van der Waals surface area contributed by atoms with Gasteiger partial charge in [0, 0.05) is 17.1 Å². The number of hydrogen-bond acceptors (Lipinski definition) is 2. The van der Waals surface area contributed by atoms with Crippen LogP contribution in [0.5, 0.6) is 0 Å². The largest absolute Gasteiger partial charge is 0.316 e. The maximum atomic E-state index is 12.3. The maximum Gasteiger partial charge on any atom is 0.264 e. The van der Waals surface area contributed by atoms with E-state index in [1.807, 2.05) is 5.48 Å². The fourth-order valence-electron chi connectivity index (χ4n) is 1.03. The highest BCUT2D eigenvalue weighted by molar-refractivity contribution is 6.30. The molecule has 0 bridgehead atoms. The molecule has 0 atom stereocenters. The number of benzene rings is 1. The molecule has 1 rings (SSSR count). The Hall–Kier alpha value is -0.710. The molecule has 0 amide bonds. The van der Waals surface area contributed by atoms with Crippen molar-refractivity contribution in [1.82, 2.24) is 5.48 Å². The van der Waals surface area contributed by atoms with Crippen molar-refractivity contribution in [3.05, 3.63) is 34.3 Å². The standard InChI is InChI=1S/C8H8ClF2NO/c9-6-1-2-7(8(10)11)5(3-6)4-12-13/h1-3,8,12-13H,4H2. The van der Waals surface area contributed by atoms with Crippen LogP contribution >= 0.6 is 11.6 Å². The van der Waals surface area contributed by atoms with E-state index in [1.54, 1.807) is 0 Å². The highest BCUT2D eigenvalue weighted by atomic mass is 35.5. The van der Waals surface area contributed by atoms with Gasteiger partial charge >= 0.3 is 0 Å². The monoisotopic (exact) mass is 207 g/mol. The van der Waals surface area contributed by atoms with Gasteiger partial charge in [-0.05, 0) is 17.7 Å². The summed E-state index contributed by atoms with van der Waals surface area (Å²) < 4.78 is 24.7. The van der Waals surface area contributed by atoms with Crippen molar-refractivity contribution in [3.63, 3.8) is 0 Å². The number of nitrogens with one attached hydrogen (secondary N) is 1. The molecule has 2 nitrogen and oxygen atoms in total. The summed E-state index contributed by atoms with van der Waals surface area (Å²) in [4.78, 5) is 0. The van der Waals surface area contributed by atoms with Crippen LogP contribution in [0.2, 0.25) is 5.02 Å². The lowest BCUT2D eigenvalue weighted by Crippen LogP contribution is -2.08. The number of hydroxylamine groups is 1. The zero-order valence-corrected chi connectivity index (χ0v) is 7.35. The van der Waals surface area contributed by atoms with Crippen molar-refractivity contribution < 1.29 is 14.0 Å². The van der Waals surface area contributed by atoms with Crippen molar-refractivity contribution in [3.8, 4) is 0 Å². The zero-order valence-electron chi connectivity index (χ0n) is 6.60. The van der Waals surface area contributed by atoms with E-state index in [9.17, 15) is 8.78 Å². The molecule has 0 saturated heterocycles. The van der Waals surface area contributed by atoms with Gasteiger partial charge in [-0.2, -0.15) is 0 Å². The first kappa shape index (κ1) is 10.4.